The third-order valence-corrected chi connectivity index (χ3v) is 7.06. The summed E-state index contributed by atoms with van der Waals surface area (Å²) in [5, 5.41) is 11.7. The zero-order valence-corrected chi connectivity index (χ0v) is 21.2. The molecule has 0 unspecified atom stereocenters. The van der Waals surface area contributed by atoms with E-state index in [9.17, 15) is 14.4 Å². The van der Waals surface area contributed by atoms with Crippen LogP contribution in [0.4, 0.5) is 10.6 Å². The van der Waals surface area contributed by atoms with E-state index < -0.39 is 24.4 Å². The number of piperazine rings is 1. The molecular weight excluding hydrogens is 476 g/mol. The second-order valence-electron chi connectivity index (χ2n) is 9.72. The smallest absolute Gasteiger partial charge is 0.354 e. The molecule has 2 aliphatic rings. The summed E-state index contributed by atoms with van der Waals surface area (Å²) in [7, 11) is 0. The highest BCUT2D eigenvalue weighted by Crippen LogP contribution is 2.18. The van der Waals surface area contributed by atoms with E-state index in [-0.39, 0.29) is 11.7 Å². The van der Waals surface area contributed by atoms with Crippen LogP contribution in [-0.4, -0.2) is 99.3 Å². The zero-order chi connectivity index (χ0) is 26.5. The first kappa shape index (κ1) is 26.7. The second kappa shape index (κ2) is 11.8. The van der Waals surface area contributed by atoms with E-state index in [4.69, 9.17) is 16.6 Å². The monoisotopic (exact) mass is 512 g/mol. The zero-order valence-electron chi connectivity index (χ0n) is 21.2. The number of hydrogen-bond donors (Lipinski definition) is 4. The molecule has 0 spiro atoms. The molecule has 1 aromatic carbocycles. The van der Waals surface area contributed by atoms with Gasteiger partial charge in [0.05, 0.1) is 12.3 Å². The quantitative estimate of drug-likeness (QED) is 0.401. The SMILES string of the molecule is Cc1cc(-n2ccc(NC(=O)N3CCN(C(=O)[C@@H](N)CO)CC3)nc2=O)ccc1CN1CCC(N)CC1. The lowest BCUT2D eigenvalue weighted by Crippen LogP contribution is -2.55. The molecule has 2 saturated heterocycles. The molecule has 2 aliphatic heterocycles. The molecule has 0 aliphatic carbocycles. The molecule has 37 heavy (non-hydrogen) atoms. The Hall–Kier alpha value is -3.32. The first-order chi connectivity index (χ1) is 17.7. The van der Waals surface area contributed by atoms with E-state index in [0.29, 0.717) is 37.9 Å². The second-order valence-corrected chi connectivity index (χ2v) is 9.72. The molecule has 3 heterocycles. The molecule has 6 N–H and O–H groups in total. The Balaban J connectivity index is 1.35. The van der Waals surface area contributed by atoms with E-state index in [1.807, 2.05) is 25.1 Å². The maximum Gasteiger partial charge on any atom is 0.354 e. The Kier molecular flexibility index (Phi) is 8.54. The first-order valence-electron chi connectivity index (χ1n) is 12.6. The fourth-order valence-electron chi connectivity index (χ4n) is 4.66. The highest BCUT2D eigenvalue weighted by atomic mass is 16.3. The lowest BCUT2D eigenvalue weighted by Gasteiger charge is -2.35. The Morgan fingerprint density at radius 3 is 2.41 bits per heavy atom. The minimum absolute atomic E-state index is 0.156. The van der Waals surface area contributed by atoms with Crippen molar-refractivity contribution in [1.29, 1.82) is 0 Å². The number of nitrogens with zero attached hydrogens (tertiary/aromatic N) is 5. The number of aliphatic hydroxyl groups is 1. The molecule has 0 radical (unpaired) electrons. The number of piperidine rings is 1. The van der Waals surface area contributed by atoms with Gasteiger partial charge in [0, 0.05) is 45.0 Å². The van der Waals surface area contributed by atoms with Crippen molar-refractivity contribution < 1.29 is 14.7 Å². The number of carbonyl (C=O) groups is 2. The van der Waals surface area contributed by atoms with Crippen LogP contribution < -0.4 is 22.5 Å². The molecule has 200 valence electrons. The van der Waals surface area contributed by atoms with Crippen LogP contribution in [0, 0.1) is 6.92 Å². The van der Waals surface area contributed by atoms with Gasteiger partial charge in [0.25, 0.3) is 0 Å². The normalized spacial score (nSPS) is 18.1. The molecule has 12 heteroatoms. The van der Waals surface area contributed by atoms with Crippen LogP contribution in [0.1, 0.15) is 24.0 Å². The number of benzene rings is 1. The van der Waals surface area contributed by atoms with Gasteiger partial charge >= 0.3 is 11.7 Å². The minimum atomic E-state index is -0.954. The summed E-state index contributed by atoms with van der Waals surface area (Å²) >= 11 is 0. The summed E-state index contributed by atoms with van der Waals surface area (Å²) in [5.41, 5.74) is 14.1. The third kappa shape index (κ3) is 6.52. The highest BCUT2D eigenvalue weighted by molar-refractivity contribution is 5.88. The van der Waals surface area contributed by atoms with E-state index in [0.717, 1.165) is 38.0 Å². The predicted octanol–water partition coefficient (Wildman–Crippen LogP) is -0.540. The fraction of sp³-hybridized carbons (Fsp3) is 0.520. The number of aromatic nitrogens is 2. The van der Waals surface area contributed by atoms with Gasteiger partial charge in [-0.25, -0.2) is 9.59 Å². The van der Waals surface area contributed by atoms with Gasteiger partial charge in [0.2, 0.25) is 5.91 Å². The van der Waals surface area contributed by atoms with Gasteiger partial charge in [-0.3, -0.25) is 19.6 Å². The van der Waals surface area contributed by atoms with Gasteiger partial charge in [-0.05, 0) is 62.2 Å². The molecule has 0 bridgehead atoms. The molecule has 2 fully saturated rings. The largest absolute Gasteiger partial charge is 0.394 e. The first-order valence-corrected chi connectivity index (χ1v) is 12.6. The van der Waals surface area contributed by atoms with E-state index >= 15 is 0 Å². The molecule has 0 saturated carbocycles. The molecule has 2 aromatic rings. The van der Waals surface area contributed by atoms with Crippen molar-refractivity contribution in [3.05, 3.63) is 52.1 Å². The lowest BCUT2D eigenvalue weighted by molar-refractivity contribution is -0.134. The molecular formula is C25H36N8O4. The third-order valence-electron chi connectivity index (χ3n) is 7.06. The van der Waals surface area contributed by atoms with Crippen LogP contribution in [0.5, 0.6) is 0 Å². The molecule has 1 atom stereocenters. The number of anilines is 1. The van der Waals surface area contributed by atoms with Gasteiger partial charge in [-0.1, -0.05) is 6.07 Å². The van der Waals surface area contributed by atoms with Crippen molar-refractivity contribution >= 4 is 17.8 Å². The van der Waals surface area contributed by atoms with Crippen molar-refractivity contribution in [2.75, 3.05) is 51.2 Å². The van der Waals surface area contributed by atoms with Crippen LogP contribution in [0.15, 0.2) is 35.3 Å². The van der Waals surface area contributed by atoms with E-state index in [1.165, 1.54) is 15.0 Å². The van der Waals surface area contributed by atoms with Crippen LogP contribution in [0.25, 0.3) is 5.69 Å². The lowest BCUT2D eigenvalue weighted by atomic mass is 10.0. The maximum atomic E-state index is 12.7. The number of rotatable bonds is 6. The topological polar surface area (TPSA) is 163 Å². The summed E-state index contributed by atoms with van der Waals surface area (Å²) < 4.78 is 1.45. The van der Waals surface area contributed by atoms with Crippen molar-refractivity contribution in [3.63, 3.8) is 0 Å². The maximum absolute atomic E-state index is 12.7. The Morgan fingerprint density at radius 1 is 1.11 bits per heavy atom. The Labute approximate surface area is 215 Å². The molecule has 4 rings (SSSR count). The van der Waals surface area contributed by atoms with Gasteiger partial charge in [-0.2, -0.15) is 4.98 Å². The summed E-state index contributed by atoms with van der Waals surface area (Å²) in [5.74, 6) is -0.184. The Bertz CT molecular complexity index is 1170. The van der Waals surface area contributed by atoms with Gasteiger partial charge < -0.3 is 26.4 Å². The van der Waals surface area contributed by atoms with Crippen LogP contribution in [-0.2, 0) is 11.3 Å². The fourth-order valence-corrected chi connectivity index (χ4v) is 4.66. The van der Waals surface area contributed by atoms with Crippen molar-refractivity contribution in [1.82, 2.24) is 24.3 Å². The molecule has 1 aromatic heterocycles. The summed E-state index contributed by atoms with van der Waals surface area (Å²) in [6, 6.07) is 6.44. The number of hydrogen-bond acceptors (Lipinski definition) is 8. The van der Waals surface area contributed by atoms with E-state index in [2.05, 4.69) is 15.2 Å². The number of nitrogens with two attached hydrogens (primary N) is 2. The van der Waals surface area contributed by atoms with Crippen LogP contribution >= 0.6 is 0 Å². The van der Waals surface area contributed by atoms with Gasteiger partial charge in [0.1, 0.15) is 11.9 Å². The van der Waals surface area contributed by atoms with Crippen molar-refractivity contribution in [2.24, 2.45) is 11.5 Å². The average molecular weight is 513 g/mol. The van der Waals surface area contributed by atoms with Crippen molar-refractivity contribution in [2.45, 2.75) is 38.4 Å². The summed E-state index contributed by atoms with van der Waals surface area (Å²) in [4.78, 5) is 47.0. The number of aliphatic hydroxyl groups excluding tert-OH is 1. The molecule has 3 amide bonds. The van der Waals surface area contributed by atoms with Gasteiger partial charge in [-0.15, -0.1) is 0 Å². The number of aryl methyl sites for hydroxylation is 1. The number of carbonyl (C=O) groups excluding carboxylic acids is 2. The standard InChI is InChI=1S/C25H36N8O4/c1-17-14-20(3-2-18(17)15-30-7-4-19(26)5-8-30)33-9-6-22(29-25(33)37)28-24(36)32-12-10-31(11-13-32)23(35)21(27)16-34/h2-3,6,9,14,19,21,34H,4-5,7-8,10-13,15-16,26-27H2,1H3,(H,28,29,36,37)/t21-/m0/s1. The van der Waals surface area contributed by atoms with Crippen LogP contribution in [0.3, 0.4) is 0 Å². The Morgan fingerprint density at radius 2 is 1.78 bits per heavy atom. The number of nitrogens with one attached hydrogen (secondary N) is 1. The number of likely N-dealkylation sites (tertiary alicyclic amines) is 1. The van der Waals surface area contributed by atoms with Crippen molar-refractivity contribution in [3.8, 4) is 5.69 Å². The van der Waals surface area contributed by atoms with Gasteiger partial charge in [0.15, 0.2) is 0 Å². The molecule has 12 nitrogen and oxygen atoms in total. The summed E-state index contributed by atoms with van der Waals surface area (Å²) in [6.07, 6.45) is 3.62. The predicted molar refractivity (Wildman–Crippen MR) is 139 cm³/mol. The average Bonchev–Trinajstić information content (AvgIpc) is 2.90. The van der Waals surface area contributed by atoms with E-state index in [1.54, 1.807) is 17.2 Å². The number of urea groups is 1. The highest BCUT2D eigenvalue weighted by Gasteiger charge is 2.27. The number of amides is 3. The summed E-state index contributed by atoms with van der Waals surface area (Å²) in [6.45, 7) is 5.69. The minimum Gasteiger partial charge on any atom is -0.394 e. The van der Waals surface area contributed by atoms with Crippen LogP contribution in [0.2, 0.25) is 0 Å².